The van der Waals surface area contributed by atoms with Crippen LogP contribution in [0.4, 0.5) is 0 Å². The van der Waals surface area contributed by atoms with Gasteiger partial charge in [0.1, 0.15) is 12.5 Å². The minimum atomic E-state index is -0.331. The molecule has 0 bridgehead atoms. The quantitative estimate of drug-likeness (QED) is 0.501. The van der Waals surface area contributed by atoms with Gasteiger partial charge in [0.25, 0.3) is 0 Å². The fourth-order valence-electron chi connectivity index (χ4n) is 0.810. The second-order valence-electron chi connectivity index (χ2n) is 1.96. The van der Waals surface area contributed by atoms with E-state index in [0.29, 0.717) is 5.84 Å². The van der Waals surface area contributed by atoms with Crippen molar-refractivity contribution in [2.24, 2.45) is 25.9 Å². The highest BCUT2D eigenvalue weighted by atomic mass is 15.2. The largest absolute Gasteiger partial charge is 0.306 e. The summed E-state index contributed by atoms with van der Waals surface area (Å²) in [5, 5.41) is 7.37. The maximum absolute atomic E-state index is 5.55. The van der Waals surface area contributed by atoms with Crippen LogP contribution in [-0.4, -0.2) is 18.3 Å². The first kappa shape index (κ1) is 5.43. The van der Waals surface area contributed by atoms with Gasteiger partial charge in [-0.15, -0.1) is 5.11 Å². The van der Waals surface area contributed by atoms with Gasteiger partial charge in [-0.05, 0) is 0 Å². The maximum atomic E-state index is 5.55. The smallest absolute Gasteiger partial charge is 0.184 e. The molecule has 5 nitrogen and oxygen atoms in total. The molecule has 0 unspecified atom stereocenters. The highest BCUT2D eigenvalue weighted by molar-refractivity contribution is 6.05. The van der Waals surface area contributed by atoms with Gasteiger partial charge in [0.2, 0.25) is 0 Å². The van der Waals surface area contributed by atoms with E-state index in [0.717, 1.165) is 5.57 Å². The summed E-state index contributed by atoms with van der Waals surface area (Å²) in [5.74, 6) is 0.586. The van der Waals surface area contributed by atoms with Crippen molar-refractivity contribution in [3.05, 3.63) is 11.8 Å². The zero-order chi connectivity index (χ0) is 6.97. The highest BCUT2D eigenvalue weighted by Crippen LogP contribution is 2.14. The predicted molar refractivity (Wildman–Crippen MR) is 36.8 cm³/mol. The molecular formula is C5H5N5. The number of nitrogens with two attached hydrogens (primary N) is 1. The van der Waals surface area contributed by atoms with E-state index >= 15 is 0 Å². The normalized spacial score (nSPS) is 27.9. The number of hydrogen-bond donors (Lipinski definition) is 1. The first-order valence-corrected chi connectivity index (χ1v) is 2.84. The molecule has 0 saturated carbocycles. The van der Waals surface area contributed by atoms with Crippen LogP contribution in [-0.2, 0) is 0 Å². The average Bonchev–Trinajstić information content (AvgIpc) is 2.36. The molecule has 0 radical (unpaired) electrons. The topological polar surface area (TPSA) is 75.5 Å². The van der Waals surface area contributed by atoms with E-state index in [2.05, 4.69) is 20.2 Å². The Morgan fingerprint density at radius 1 is 1.50 bits per heavy atom. The van der Waals surface area contributed by atoms with Gasteiger partial charge in [-0.2, -0.15) is 5.11 Å². The minimum absolute atomic E-state index is 0.331. The molecule has 0 saturated heterocycles. The Morgan fingerprint density at radius 3 is 3.20 bits per heavy atom. The number of fused-ring (bicyclic) bond motifs is 1. The lowest BCUT2D eigenvalue weighted by Crippen LogP contribution is -2.25. The molecule has 0 aliphatic carbocycles. The van der Waals surface area contributed by atoms with E-state index in [1.54, 1.807) is 6.20 Å². The molecule has 5 heteroatoms. The Kier molecular flexibility index (Phi) is 0.983. The zero-order valence-corrected chi connectivity index (χ0v) is 5.10. The maximum Gasteiger partial charge on any atom is 0.184 e. The molecule has 10 heavy (non-hydrogen) atoms. The van der Waals surface area contributed by atoms with Gasteiger partial charge in [-0.25, -0.2) is 9.98 Å². The summed E-state index contributed by atoms with van der Waals surface area (Å²) < 4.78 is 0. The summed E-state index contributed by atoms with van der Waals surface area (Å²) in [6.07, 6.45) is 2.66. The second kappa shape index (κ2) is 1.81. The summed E-state index contributed by atoms with van der Waals surface area (Å²) in [6.45, 7) is 0. The van der Waals surface area contributed by atoms with Crippen LogP contribution in [0.15, 0.2) is 32.0 Å². The summed E-state index contributed by atoms with van der Waals surface area (Å²) in [5.41, 5.74) is 6.35. The zero-order valence-electron chi connectivity index (χ0n) is 5.10. The SMILES string of the molecule is N[C@@H]1N=CN=C2N=NC=C21. The number of hydrogen-bond acceptors (Lipinski definition) is 5. The predicted octanol–water partition coefficient (Wildman–Crippen LogP) is 0.0613. The molecule has 1 atom stereocenters. The first-order valence-electron chi connectivity index (χ1n) is 2.84. The summed E-state index contributed by atoms with van der Waals surface area (Å²) in [6, 6.07) is 0. The minimum Gasteiger partial charge on any atom is -0.306 e. The van der Waals surface area contributed by atoms with Crippen LogP contribution >= 0.6 is 0 Å². The van der Waals surface area contributed by atoms with E-state index in [1.165, 1.54) is 6.34 Å². The third kappa shape index (κ3) is 0.608. The molecule has 2 aliphatic rings. The van der Waals surface area contributed by atoms with Crippen LogP contribution in [0.5, 0.6) is 0 Å². The van der Waals surface area contributed by atoms with Crippen LogP contribution < -0.4 is 5.73 Å². The van der Waals surface area contributed by atoms with Crippen molar-refractivity contribution in [3.8, 4) is 0 Å². The fourth-order valence-corrected chi connectivity index (χ4v) is 0.810. The first-order chi connectivity index (χ1) is 4.88. The number of amidine groups is 1. The molecule has 0 aromatic heterocycles. The van der Waals surface area contributed by atoms with E-state index in [4.69, 9.17) is 5.73 Å². The Bertz CT molecular complexity index is 272. The van der Waals surface area contributed by atoms with Crippen LogP contribution in [0.2, 0.25) is 0 Å². The van der Waals surface area contributed by atoms with Crippen molar-refractivity contribution < 1.29 is 0 Å². The molecule has 0 aromatic carbocycles. The van der Waals surface area contributed by atoms with E-state index in [9.17, 15) is 0 Å². The van der Waals surface area contributed by atoms with Crippen molar-refractivity contribution in [1.82, 2.24) is 0 Å². The monoisotopic (exact) mass is 135 g/mol. The third-order valence-electron chi connectivity index (χ3n) is 1.33. The lowest BCUT2D eigenvalue weighted by molar-refractivity contribution is 0.847. The van der Waals surface area contributed by atoms with Gasteiger partial charge in [0, 0.05) is 0 Å². The second-order valence-corrected chi connectivity index (χ2v) is 1.96. The summed E-state index contributed by atoms with van der Waals surface area (Å²) in [7, 11) is 0. The standard InChI is InChI=1S/C5H5N5/c6-4-3-1-9-10-5(3)8-2-7-4/h1-2,4H,6H2/t4-/m1/s1. The van der Waals surface area contributed by atoms with Crippen LogP contribution in [0.25, 0.3) is 0 Å². The van der Waals surface area contributed by atoms with Crippen molar-refractivity contribution in [1.29, 1.82) is 0 Å². The molecule has 0 aromatic rings. The average molecular weight is 135 g/mol. The number of rotatable bonds is 0. The van der Waals surface area contributed by atoms with Crippen LogP contribution in [0.1, 0.15) is 0 Å². The molecule has 2 rings (SSSR count). The molecule has 2 aliphatic heterocycles. The van der Waals surface area contributed by atoms with Crippen molar-refractivity contribution >= 4 is 12.2 Å². The summed E-state index contributed by atoms with van der Waals surface area (Å²) in [4.78, 5) is 7.71. The van der Waals surface area contributed by atoms with Gasteiger partial charge in [-0.1, -0.05) is 0 Å². The third-order valence-corrected chi connectivity index (χ3v) is 1.33. The van der Waals surface area contributed by atoms with Gasteiger partial charge in [0.15, 0.2) is 5.84 Å². The van der Waals surface area contributed by atoms with E-state index in [1.807, 2.05) is 0 Å². The van der Waals surface area contributed by atoms with E-state index in [-0.39, 0.29) is 6.17 Å². The van der Waals surface area contributed by atoms with Crippen LogP contribution in [0, 0.1) is 0 Å². The molecule has 2 N–H and O–H groups in total. The van der Waals surface area contributed by atoms with Crippen molar-refractivity contribution in [2.75, 3.05) is 0 Å². The van der Waals surface area contributed by atoms with Gasteiger partial charge in [-0.3, -0.25) is 0 Å². The Balaban J connectivity index is 2.45. The number of nitrogens with zero attached hydrogens (tertiary/aromatic N) is 4. The Morgan fingerprint density at radius 2 is 2.40 bits per heavy atom. The molecule has 0 fully saturated rings. The molecule has 0 spiro atoms. The molecular weight excluding hydrogens is 130 g/mol. The molecule has 0 amide bonds. The number of aliphatic imine (C=N–C) groups is 2. The Labute approximate surface area is 57.1 Å². The van der Waals surface area contributed by atoms with Crippen molar-refractivity contribution in [2.45, 2.75) is 6.17 Å². The lowest BCUT2D eigenvalue weighted by Gasteiger charge is -2.08. The highest BCUT2D eigenvalue weighted by Gasteiger charge is 2.19. The molecule has 2 heterocycles. The van der Waals surface area contributed by atoms with Gasteiger partial charge >= 0.3 is 0 Å². The lowest BCUT2D eigenvalue weighted by atomic mass is 10.2. The summed E-state index contributed by atoms with van der Waals surface area (Å²) >= 11 is 0. The van der Waals surface area contributed by atoms with Crippen LogP contribution in [0.3, 0.4) is 0 Å². The fraction of sp³-hybridized carbons (Fsp3) is 0.200. The van der Waals surface area contributed by atoms with E-state index < -0.39 is 0 Å². The van der Waals surface area contributed by atoms with Crippen molar-refractivity contribution in [3.63, 3.8) is 0 Å². The number of azo groups is 1. The Hall–Kier alpha value is -1.36. The van der Waals surface area contributed by atoms with Gasteiger partial charge in [0.05, 0.1) is 11.8 Å². The molecule has 50 valence electrons. The van der Waals surface area contributed by atoms with Gasteiger partial charge < -0.3 is 5.73 Å².